The number of hydrogen-bond acceptors (Lipinski definition) is 3. The number of aryl methyl sites for hydroxylation is 1. The van der Waals surface area contributed by atoms with Crippen LogP contribution in [0, 0.1) is 6.92 Å². The Kier molecular flexibility index (Phi) is 6.48. The van der Waals surface area contributed by atoms with Crippen LogP contribution >= 0.6 is 0 Å². The normalized spacial score (nSPS) is 16.8. The fraction of sp³-hybridized carbons (Fsp3) is 0.706. The summed E-state index contributed by atoms with van der Waals surface area (Å²) in [6.07, 6.45) is 10.2. The predicted octanol–water partition coefficient (Wildman–Crippen LogP) is 3.13. The summed E-state index contributed by atoms with van der Waals surface area (Å²) in [5.41, 5.74) is 2.36. The van der Waals surface area contributed by atoms with Crippen molar-refractivity contribution in [3.63, 3.8) is 0 Å². The molecule has 2 rings (SSSR count). The van der Waals surface area contributed by atoms with Crippen LogP contribution in [0.2, 0.25) is 0 Å². The molecule has 1 heterocycles. The Labute approximate surface area is 123 Å². The molecule has 1 aromatic heterocycles. The molecule has 1 aliphatic rings. The molecule has 0 unspecified atom stereocenters. The molecule has 20 heavy (non-hydrogen) atoms. The number of nitrogens with zero attached hydrogens (tertiary/aromatic N) is 2. The zero-order valence-corrected chi connectivity index (χ0v) is 13.1. The van der Waals surface area contributed by atoms with Gasteiger partial charge in [0.15, 0.2) is 0 Å². The summed E-state index contributed by atoms with van der Waals surface area (Å²) in [5.74, 6) is 0. The van der Waals surface area contributed by atoms with Gasteiger partial charge in [0.1, 0.15) is 0 Å². The Hall–Kier alpha value is -0.930. The second-order valence-electron chi connectivity index (χ2n) is 6.13. The molecule has 1 aromatic rings. The summed E-state index contributed by atoms with van der Waals surface area (Å²) < 4.78 is 0. The van der Waals surface area contributed by atoms with E-state index >= 15 is 0 Å². The smallest absolute Gasteiger partial charge is 0.0541 e. The maximum atomic E-state index is 4.41. The van der Waals surface area contributed by atoms with Crippen molar-refractivity contribution < 1.29 is 0 Å². The van der Waals surface area contributed by atoms with Crippen LogP contribution < -0.4 is 5.32 Å². The van der Waals surface area contributed by atoms with Gasteiger partial charge in [0, 0.05) is 18.8 Å². The van der Waals surface area contributed by atoms with E-state index < -0.39 is 0 Å². The first-order valence-electron chi connectivity index (χ1n) is 8.08. The Bertz CT molecular complexity index is 368. The number of pyridine rings is 1. The SMILES string of the molecule is Cc1ccc(CNCCCN(C)C2CCCCC2)nc1. The maximum Gasteiger partial charge on any atom is 0.0541 e. The lowest BCUT2D eigenvalue weighted by atomic mass is 9.94. The number of aromatic nitrogens is 1. The van der Waals surface area contributed by atoms with Crippen LogP contribution in [-0.4, -0.2) is 36.1 Å². The monoisotopic (exact) mass is 275 g/mol. The van der Waals surface area contributed by atoms with E-state index in [1.54, 1.807) is 0 Å². The predicted molar refractivity (Wildman–Crippen MR) is 84.8 cm³/mol. The molecule has 3 heteroatoms. The molecule has 1 saturated carbocycles. The Balaban J connectivity index is 1.55. The van der Waals surface area contributed by atoms with Crippen molar-refractivity contribution >= 4 is 0 Å². The molecular weight excluding hydrogens is 246 g/mol. The average molecular weight is 275 g/mol. The molecule has 0 aromatic carbocycles. The third-order valence-corrected chi connectivity index (χ3v) is 4.34. The van der Waals surface area contributed by atoms with Gasteiger partial charge in [-0.05, 0) is 58.0 Å². The van der Waals surface area contributed by atoms with Gasteiger partial charge in [-0.1, -0.05) is 25.3 Å². The van der Waals surface area contributed by atoms with Crippen LogP contribution in [0.1, 0.15) is 49.8 Å². The van der Waals surface area contributed by atoms with E-state index in [0.717, 1.165) is 24.8 Å². The maximum absolute atomic E-state index is 4.41. The lowest BCUT2D eigenvalue weighted by Crippen LogP contribution is -2.35. The van der Waals surface area contributed by atoms with Gasteiger partial charge in [0.2, 0.25) is 0 Å². The quantitative estimate of drug-likeness (QED) is 0.775. The first-order chi connectivity index (χ1) is 9.75. The van der Waals surface area contributed by atoms with Crippen LogP contribution in [0.3, 0.4) is 0 Å². The van der Waals surface area contributed by atoms with Crippen molar-refractivity contribution in [1.29, 1.82) is 0 Å². The highest BCUT2D eigenvalue weighted by molar-refractivity contribution is 5.11. The van der Waals surface area contributed by atoms with Crippen LogP contribution in [-0.2, 0) is 6.54 Å². The second kappa shape index (κ2) is 8.38. The first kappa shape index (κ1) is 15.5. The number of rotatable bonds is 7. The molecule has 0 amide bonds. The Morgan fingerprint density at radius 1 is 1.25 bits per heavy atom. The molecule has 0 aliphatic heterocycles. The molecule has 112 valence electrons. The summed E-state index contributed by atoms with van der Waals surface area (Å²) >= 11 is 0. The average Bonchev–Trinajstić information content (AvgIpc) is 2.49. The summed E-state index contributed by atoms with van der Waals surface area (Å²) in [6, 6.07) is 5.07. The first-order valence-corrected chi connectivity index (χ1v) is 8.08. The van der Waals surface area contributed by atoms with Crippen molar-refractivity contribution in [2.75, 3.05) is 20.1 Å². The van der Waals surface area contributed by atoms with E-state index in [1.807, 2.05) is 6.20 Å². The van der Waals surface area contributed by atoms with Crippen LogP contribution in [0.15, 0.2) is 18.3 Å². The number of nitrogens with one attached hydrogen (secondary N) is 1. The number of hydrogen-bond donors (Lipinski definition) is 1. The van der Waals surface area contributed by atoms with Gasteiger partial charge in [-0.3, -0.25) is 4.98 Å². The topological polar surface area (TPSA) is 28.2 Å². The minimum absolute atomic E-state index is 0.836. The van der Waals surface area contributed by atoms with Crippen molar-refractivity contribution in [1.82, 2.24) is 15.2 Å². The molecule has 0 spiro atoms. The highest BCUT2D eigenvalue weighted by Crippen LogP contribution is 2.21. The van der Waals surface area contributed by atoms with Gasteiger partial charge in [0.25, 0.3) is 0 Å². The van der Waals surface area contributed by atoms with Crippen LogP contribution in [0.5, 0.6) is 0 Å². The van der Waals surface area contributed by atoms with Crippen LogP contribution in [0.4, 0.5) is 0 Å². The highest BCUT2D eigenvalue weighted by atomic mass is 15.1. The highest BCUT2D eigenvalue weighted by Gasteiger charge is 2.16. The zero-order chi connectivity index (χ0) is 14.2. The minimum atomic E-state index is 0.836. The van der Waals surface area contributed by atoms with E-state index in [0.29, 0.717) is 0 Å². The third kappa shape index (κ3) is 5.22. The lowest BCUT2D eigenvalue weighted by Gasteiger charge is -2.31. The van der Waals surface area contributed by atoms with Gasteiger partial charge in [-0.2, -0.15) is 0 Å². The Morgan fingerprint density at radius 2 is 2.05 bits per heavy atom. The minimum Gasteiger partial charge on any atom is -0.311 e. The molecule has 1 aliphatic carbocycles. The summed E-state index contributed by atoms with van der Waals surface area (Å²) in [4.78, 5) is 6.97. The standard InChI is InChI=1S/C17H29N3/c1-15-9-10-16(19-13-15)14-18-11-6-12-20(2)17-7-4-3-5-8-17/h9-10,13,17-18H,3-8,11-12,14H2,1-2H3. The summed E-state index contributed by atoms with van der Waals surface area (Å²) in [7, 11) is 2.29. The molecule has 0 bridgehead atoms. The molecular formula is C17H29N3. The molecule has 1 fully saturated rings. The lowest BCUT2D eigenvalue weighted by molar-refractivity contribution is 0.189. The molecule has 3 nitrogen and oxygen atoms in total. The van der Waals surface area contributed by atoms with Crippen LogP contribution in [0.25, 0.3) is 0 Å². The summed E-state index contributed by atoms with van der Waals surface area (Å²) in [6.45, 7) is 5.24. The van der Waals surface area contributed by atoms with E-state index in [-0.39, 0.29) is 0 Å². The third-order valence-electron chi connectivity index (χ3n) is 4.34. The van der Waals surface area contributed by atoms with E-state index in [1.165, 1.54) is 50.6 Å². The van der Waals surface area contributed by atoms with Crippen molar-refractivity contribution in [2.45, 2.75) is 58.0 Å². The van der Waals surface area contributed by atoms with Crippen molar-refractivity contribution in [3.05, 3.63) is 29.6 Å². The molecule has 0 radical (unpaired) electrons. The van der Waals surface area contributed by atoms with Crippen molar-refractivity contribution in [3.8, 4) is 0 Å². The van der Waals surface area contributed by atoms with Gasteiger partial charge >= 0.3 is 0 Å². The summed E-state index contributed by atoms with van der Waals surface area (Å²) in [5, 5.41) is 3.49. The van der Waals surface area contributed by atoms with E-state index in [4.69, 9.17) is 0 Å². The largest absolute Gasteiger partial charge is 0.311 e. The molecule has 0 saturated heterocycles. The van der Waals surface area contributed by atoms with Crippen molar-refractivity contribution in [2.24, 2.45) is 0 Å². The van der Waals surface area contributed by atoms with Gasteiger partial charge < -0.3 is 10.2 Å². The Morgan fingerprint density at radius 3 is 2.75 bits per heavy atom. The fourth-order valence-corrected chi connectivity index (χ4v) is 2.98. The second-order valence-corrected chi connectivity index (χ2v) is 6.13. The van der Waals surface area contributed by atoms with E-state index in [9.17, 15) is 0 Å². The van der Waals surface area contributed by atoms with E-state index in [2.05, 4.69) is 41.3 Å². The fourth-order valence-electron chi connectivity index (χ4n) is 2.98. The van der Waals surface area contributed by atoms with Gasteiger partial charge in [-0.15, -0.1) is 0 Å². The van der Waals surface area contributed by atoms with Gasteiger partial charge in [-0.25, -0.2) is 0 Å². The molecule has 1 N–H and O–H groups in total. The zero-order valence-electron chi connectivity index (χ0n) is 13.1. The van der Waals surface area contributed by atoms with Gasteiger partial charge in [0.05, 0.1) is 5.69 Å². The molecule has 0 atom stereocenters.